The Morgan fingerprint density at radius 1 is 0.323 bits per heavy atom. The quantitative estimate of drug-likeness (QED) is 0.0263. The van der Waals surface area contributed by atoms with Gasteiger partial charge in [0.05, 0.1) is 0 Å². The van der Waals surface area contributed by atoms with Crippen LogP contribution in [0.5, 0.6) is 0 Å². The summed E-state index contributed by atoms with van der Waals surface area (Å²) in [6, 6.07) is 0. The summed E-state index contributed by atoms with van der Waals surface area (Å²) < 4.78 is 16.5. The predicted octanol–water partition coefficient (Wildman–Crippen LogP) is 16.9. The molecule has 6 nitrogen and oxygen atoms in total. The molecule has 0 bridgehead atoms. The second kappa shape index (κ2) is 51.9. The van der Waals surface area contributed by atoms with Crippen LogP contribution in [0, 0.1) is 0 Å². The number of rotatable bonds is 43. The highest BCUT2D eigenvalue weighted by Crippen LogP contribution is 2.10. The maximum atomic E-state index is 12.7. The summed E-state index contributed by atoms with van der Waals surface area (Å²) in [6.45, 7) is 6.21. The number of esters is 3. The Morgan fingerprint density at radius 2 is 0.615 bits per heavy atom. The van der Waals surface area contributed by atoms with E-state index in [0.717, 1.165) is 135 Å². The molecular weight excluding hydrogens is 805 g/mol. The lowest BCUT2D eigenvalue weighted by molar-refractivity contribution is -0.167. The summed E-state index contributed by atoms with van der Waals surface area (Å²) in [5.74, 6) is -1.04. The minimum Gasteiger partial charge on any atom is -0.462 e. The van der Waals surface area contributed by atoms with Crippen molar-refractivity contribution in [1.82, 2.24) is 0 Å². The van der Waals surface area contributed by atoms with E-state index in [1.54, 1.807) is 0 Å². The van der Waals surface area contributed by atoms with Gasteiger partial charge in [0.25, 0.3) is 0 Å². The maximum Gasteiger partial charge on any atom is 0.306 e. The fraction of sp³-hybridized carbons (Fsp3) is 0.542. The Labute approximate surface area is 397 Å². The van der Waals surface area contributed by atoms with Gasteiger partial charge in [-0.05, 0) is 116 Å². The molecule has 0 saturated heterocycles. The van der Waals surface area contributed by atoms with Crippen LogP contribution in [0.4, 0.5) is 0 Å². The van der Waals surface area contributed by atoms with Gasteiger partial charge in [-0.1, -0.05) is 199 Å². The van der Waals surface area contributed by atoms with Crippen LogP contribution in [0.15, 0.2) is 146 Å². The third-order valence-corrected chi connectivity index (χ3v) is 9.84. The van der Waals surface area contributed by atoms with Crippen LogP contribution in [-0.2, 0) is 28.6 Å². The largest absolute Gasteiger partial charge is 0.462 e. The third kappa shape index (κ3) is 50.2. The monoisotopic (exact) mass is 895 g/mol. The molecule has 1 unspecified atom stereocenters. The number of hydrogen-bond donors (Lipinski definition) is 0. The van der Waals surface area contributed by atoms with Crippen LogP contribution in [0.3, 0.4) is 0 Å². The Bertz CT molecular complexity index is 1490. The molecule has 0 radical (unpaired) electrons. The Balaban J connectivity index is 4.29. The number of carbonyl (C=O) groups excluding carboxylic acids is 3. The molecule has 1 atom stereocenters. The zero-order chi connectivity index (χ0) is 47.2. The van der Waals surface area contributed by atoms with Gasteiger partial charge in [-0.3, -0.25) is 14.4 Å². The molecule has 0 spiro atoms. The first-order valence-electron chi connectivity index (χ1n) is 25.3. The topological polar surface area (TPSA) is 78.9 Å². The molecular formula is C59H90O6. The first-order chi connectivity index (χ1) is 32.0. The Morgan fingerprint density at radius 3 is 0.985 bits per heavy atom. The van der Waals surface area contributed by atoms with Gasteiger partial charge in [-0.2, -0.15) is 0 Å². The van der Waals surface area contributed by atoms with Crippen molar-refractivity contribution in [3.05, 3.63) is 146 Å². The first kappa shape index (κ1) is 60.3. The maximum absolute atomic E-state index is 12.7. The fourth-order valence-electron chi connectivity index (χ4n) is 6.10. The lowest BCUT2D eigenvalue weighted by atomic mass is 10.1. The van der Waals surface area contributed by atoms with Crippen molar-refractivity contribution in [3.8, 4) is 0 Å². The van der Waals surface area contributed by atoms with Gasteiger partial charge in [0, 0.05) is 19.3 Å². The van der Waals surface area contributed by atoms with Gasteiger partial charge < -0.3 is 14.2 Å². The van der Waals surface area contributed by atoms with Crippen molar-refractivity contribution in [1.29, 1.82) is 0 Å². The highest BCUT2D eigenvalue weighted by molar-refractivity contribution is 5.71. The van der Waals surface area contributed by atoms with Crippen LogP contribution in [0.1, 0.15) is 188 Å². The minimum absolute atomic E-state index is 0.115. The Kier molecular flexibility index (Phi) is 48.2. The van der Waals surface area contributed by atoms with Crippen molar-refractivity contribution in [2.24, 2.45) is 0 Å². The average molecular weight is 895 g/mol. The lowest BCUT2D eigenvalue weighted by Gasteiger charge is -2.18. The molecule has 0 aliphatic heterocycles. The average Bonchev–Trinajstić information content (AvgIpc) is 3.30. The second-order valence-electron chi connectivity index (χ2n) is 16.0. The van der Waals surface area contributed by atoms with Crippen molar-refractivity contribution in [3.63, 3.8) is 0 Å². The van der Waals surface area contributed by atoms with E-state index in [2.05, 4.69) is 167 Å². The molecule has 0 saturated carbocycles. The molecule has 0 fully saturated rings. The number of allylic oxidation sites excluding steroid dienone is 24. The molecule has 0 N–H and O–H groups in total. The van der Waals surface area contributed by atoms with Crippen LogP contribution in [0.2, 0.25) is 0 Å². The second-order valence-corrected chi connectivity index (χ2v) is 16.0. The summed E-state index contributed by atoms with van der Waals surface area (Å²) in [6.07, 6.45) is 74.6. The van der Waals surface area contributed by atoms with Gasteiger partial charge in [-0.15, -0.1) is 0 Å². The van der Waals surface area contributed by atoms with Crippen LogP contribution < -0.4 is 0 Å². The highest BCUT2D eigenvalue weighted by atomic mass is 16.6. The zero-order valence-corrected chi connectivity index (χ0v) is 41.2. The summed E-state index contributed by atoms with van der Waals surface area (Å²) in [5.41, 5.74) is 0. The van der Waals surface area contributed by atoms with Crippen molar-refractivity contribution >= 4 is 17.9 Å². The third-order valence-electron chi connectivity index (χ3n) is 9.84. The van der Waals surface area contributed by atoms with Gasteiger partial charge >= 0.3 is 17.9 Å². The van der Waals surface area contributed by atoms with Crippen LogP contribution >= 0.6 is 0 Å². The summed E-state index contributed by atoms with van der Waals surface area (Å²) in [5, 5.41) is 0. The summed E-state index contributed by atoms with van der Waals surface area (Å²) in [7, 11) is 0. The Hall–Kier alpha value is -4.71. The van der Waals surface area contributed by atoms with Crippen LogP contribution in [-0.4, -0.2) is 37.2 Å². The van der Waals surface area contributed by atoms with Crippen molar-refractivity contribution < 1.29 is 28.6 Å². The lowest BCUT2D eigenvalue weighted by Crippen LogP contribution is -2.30. The summed E-state index contributed by atoms with van der Waals surface area (Å²) in [4.78, 5) is 37.6. The number of carbonyl (C=O) groups is 3. The van der Waals surface area contributed by atoms with E-state index in [1.807, 2.05) is 0 Å². The molecule has 0 aliphatic rings. The van der Waals surface area contributed by atoms with Gasteiger partial charge in [-0.25, -0.2) is 0 Å². The van der Waals surface area contributed by atoms with E-state index < -0.39 is 6.10 Å². The molecule has 0 aromatic heterocycles. The molecule has 65 heavy (non-hydrogen) atoms. The molecule has 0 heterocycles. The van der Waals surface area contributed by atoms with E-state index in [0.29, 0.717) is 19.3 Å². The van der Waals surface area contributed by atoms with Gasteiger partial charge in [0.2, 0.25) is 0 Å². The van der Waals surface area contributed by atoms with Gasteiger partial charge in [0.1, 0.15) is 13.2 Å². The predicted molar refractivity (Wildman–Crippen MR) is 279 cm³/mol. The molecule has 362 valence electrons. The normalized spacial score (nSPS) is 13.3. The highest BCUT2D eigenvalue weighted by Gasteiger charge is 2.19. The smallest absolute Gasteiger partial charge is 0.306 e. The number of unbranched alkanes of at least 4 members (excludes halogenated alkanes) is 8. The van der Waals surface area contributed by atoms with Crippen molar-refractivity contribution in [2.75, 3.05) is 13.2 Å². The minimum atomic E-state index is -0.817. The van der Waals surface area contributed by atoms with E-state index in [-0.39, 0.29) is 44.0 Å². The molecule has 0 aromatic carbocycles. The first-order valence-corrected chi connectivity index (χ1v) is 25.3. The fourth-order valence-corrected chi connectivity index (χ4v) is 6.10. The van der Waals surface area contributed by atoms with E-state index in [9.17, 15) is 14.4 Å². The van der Waals surface area contributed by atoms with E-state index in [4.69, 9.17) is 14.2 Å². The summed E-state index contributed by atoms with van der Waals surface area (Å²) >= 11 is 0. The SMILES string of the molecule is CC/C=C\C/C=C\C/C=C\C/C=C\C/C=C\C/C=C\C/C=C\C/C=C\C/C=C\CCCC(=O)OCC(COC(=O)CCCCCCC)OC(=O)CCCCC/C=C\C/C=C\C/C=C\CC. The standard InChI is InChI=1S/C59H90O6/c1-4-7-10-13-15-17-19-21-22-23-24-25-26-27-28-29-30-31-32-33-34-35-36-38-39-41-43-46-49-52-58(61)64-55-56(54-63-57(60)51-48-45-12-9-6-3)65-59(62)53-50-47-44-42-40-37-20-18-16-14-11-8-5-2/h7-8,10-11,15-18,21-22,24-25,27-28,30-31,33-34,36-38,40-41,43,56H,4-6,9,12-14,19-20,23,26,29,32,35,39,42,44-55H2,1-3H3/b10-7-,11-8-,17-15-,18-16-,22-21-,25-24-,28-27-,31-30-,34-33-,38-36-,40-37-,43-41-. The molecule has 0 amide bonds. The van der Waals surface area contributed by atoms with Crippen LogP contribution in [0.25, 0.3) is 0 Å². The molecule has 6 heteroatoms. The number of ether oxygens (including phenoxy) is 3. The molecule has 0 rings (SSSR count). The zero-order valence-electron chi connectivity index (χ0n) is 41.2. The number of hydrogen-bond acceptors (Lipinski definition) is 6. The van der Waals surface area contributed by atoms with Gasteiger partial charge in [0.15, 0.2) is 6.10 Å². The van der Waals surface area contributed by atoms with Crippen molar-refractivity contribution in [2.45, 2.75) is 194 Å². The van der Waals surface area contributed by atoms with E-state index in [1.165, 1.54) is 0 Å². The molecule has 0 aliphatic carbocycles. The van der Waals surface area contributed by atoms with E-state index >= 15 is 0 Å². The molecule has 0 aromatic rings.